The SMILES string of the molecule is Cc1cccn(CC(=O)Nc2ccc(Cl)c(Cl)c2)c1=O. The van der Waals surface area contributed by atoms with Gasteiger partial charge in [0, 0.05) is 17.4 Å². The molecule has 1 aromatic carbocycles. The molecule has 1 N–H and O–H groups in total. The van der Waals surface area contributed by atoms with Crippen LogP contribution in [-0.4, -0.2) is 10.5 Å². The van der Waals surface area contributed by atoms with Crippen LogP contribution < -0.4 is 10.9 Å². The summed E-state index contributed by atoms with van der Waals surface area (Å²) < 4.78 is 1.35. The fourth-order valence-electron chi connectivity index (χ4n) is 1.71. The molecule has 4 nitrogen and oxygen atoms in total. The van der Waals surface area contributed by atoms with Crippen LogP contribution in [0.4, 0.5) is 5.69 Å². The van der Waals surface area contributed by atoms with Crippen molar-refractivity contribution in [1.82, 2.24) is 4.57 Å². The Morgan fingerprint density at radius 2 is 2.00 bits per heavy atom. The van der Waals surface area contributed by atoms with Gasteiger partial charge in [-0.2, -0.15) is 0 Å². The summed E-state index contributed by atoms with van der Waals surface area (Å²) in [5.74, 6) is -0.309. The van der Waals surface area contributed by atoms with E-state index in [4.69, 9.17) is 23.2 Å². The molecular weight excluding hydrogens is 299 g/mol. The zero-order valence-electron chi connectivity index (χ0n) is 10.7. The highest BCUT2D eigenvalue weighted by molar-refractivity contribution is 6.42. The Balaban J connectivity index is 2.11. The highest BCUT2D eigenvalue weighted by Crippen LogP contribution is 2.24. The summed E-state index contributed by atoms with van der Waals surface area (Å²) in [6.07, 6.45) is 1.57. The largest absolute Gasteiger partial charge is 0.324 e. The molecule has 1 heterocycles. The molecule has 0 radical (unpaired) electrons. The van der Waals surface area contributed by atoms with Gasteiger partial charge in [0.25, 0.3) is 5.56 Å². The standard InChI is InChI=1S/C14H12Cl2N2O2/c1-9-3-2-6-18(14(9)20)8-13(19)17-10-4-5-11(15)12(16)7-10/h2-7H,8H2,1H3,(H,17,19). The first-order valence-corrected chi connectivity index (χ1v) is 6.64. The number of anilines is 1. The van der Waals surface area contributed by atoms with Gasteiger partial charge in [0.2, 0.25) is 5.91 Å². The molecule has 0 spiro atoms. The first-order chi connectivity index (χ1) is 9.47. The maximum atomic E-state index is 11.9. The van der Waals surface area contributed by atoms with Gasteiger partial charge in [0.05, 0.1) is 10.0 Å². The van der Waals surface area contributed by atoms with E-state index in [-0.39, 0.29) is 18.0 Å². The van der Waals surface area contributed by atoms with Crippen molar-refractivity contribution in [3.63, 3.8) is 0 Å². The van der Waals surface area contributed by atoms with Gasteiger partial charge in [-0.3, -0.25) is 9.59 Å². The fourth-order valence-corrected chi connectivity index (χ4v) is 2.01. The molecule has 0 saturated heterocycles. The van der Waals surface area contributed by atoms with E-state index in [0.717, 1.165) is 0 Å². The first kappa shape index (κ1) is 14.6. The summed E-state index contributed by atoms with van der Waals surface area (Å²) >= 11 is 11.7. The van der Waals surface area contributed by atoms with Crippen molar-refractivity contribution in [2.75, 3.05) is 5.32 Å². The number of benzene rings is 1. The molecule has 0 aliphatic rings. The number of hydrogen-bond acceptors (Lipinski definition) is 2. The lowest BCUT2D eigenvalue weighted by atomic mass is 10.3. The Morgan fingerprint density at radius 3 is 2.70 bits per heavy atom. The van der Waals surface area contributed by atoms with E-state index in [1.54, 1.807) is 43.5 Å². The second-order valence-corrected chi connectivity index (χ2v) is 5.12. The molecule has 0 bridgehead atoms. The van der Waals surface area contributed by atoms with E-state index in [0.29, 0.717) is 21.3 Å². The maximum Gasteiger partial charge on any atom is 0.253 e. The minimum Gasteiger partial charge on any atom is -0.324 e. The summed E-state index contributed by atoms with van der Waals surface area (Å²) in [6.45, 7) is 1.65. The monoisotopic (exact) mass is 310 g/mol. The Morgan fingerprint density at radius 1 is 1.25 bits per heavy atom. The van der Waals surface area contributed by atoms with E-state index in [9.17, 15) is 9.59 Å². The van der Waals surface area contributed by atoms with Gasteiger partial charge >= 0.3 is 0 Å². The lowest BCUT2D eigenvalue weighted by Gasteiger charge is -2.08. The Kier molecular flexibility index (Phi) is 4.47. The van der Waals surface area contributed by atoms with Crippen LogP contribution in [0.1, 0.15) is 5.56 Å². The lowest BCUT2D eigenvalue weighted by molar-refractivity contribution is -0.116. The number of carbonyl (C=O) groups is 1. The van der Waals surface area contributed by atoms with Gasteiger partial charge in [-0.15, -0.1) is 0 Å². The van der Waals surface area contributed by atoms with Crippen LogP contribution >= 0.6 is 23.2 Å². The van der Waals surface area contributed by atoms with Crippen LogP contribution in [0.25, 0.3) is 0 Å². The second kappa shape index (κ2) is 6.11. The number of nitrogens with one attached hydrogen (secondary N) is 1. The van der Waals surface area contributed by atoms with Crippen molar-refractivity contribution in [3.05, 3.63) is 62.5 Å². The Hall–Kier alpha value is -1.78. The molecular formula is C14H12Cl2N2O2. The van der Waals surface area contributed by atoms with E-state index in [1.165, 1.54) is 4.57 Å². The Labute approximate surface area is 125 Å². The van der Waals surface area contributed by atoms with Gasteiger partial charge < -0.3 is 9.88 Å². The van der Waals surface area contributed by atoms with E-state index in [1.807, 2.05) is 0 Å². The topological polar surface area (TPSA) is 51.1 Å². The van der Waals surface area contributed by atoms with Gasteiger partial charge in [0.1, 0.15) is 6.54 Å². The van der Waals surface area contributed by atoms with Crippen molar-refractivity contribution in [3.8, 4) is 0 Å². The van der Waals surface area contributed by atoms with E-state index in [2.05, 4.69) is 5.32 Å². The van der Waals surface area contributed by atoms with Crippen molar-refractivity contribution in [2.45, 2.75) is 13.5 Å². The van der Waals surface area contributed by atoms with Crippen LogP contribution in [0.5, 0.6) is 0 Å². The summed E-state index contributed by atoms with van der Waals surface area (Å²) in [5.41, 5.74) is 0.941. The molecule has 0 aliphatic heterocycles. The number of pyridine rings is 1. The number of aromatic nitrogens is 1. The van der Waals surface area contributed by atoms with Crippen LogP contribution in [0.3, 0.4) is 0 Å². The number of carbonyl (C=O) groups excluding carboxylic acids is 1. The summed E-state index contributed by atoms with van der Waals surface area (Å²) in [4.78, 5) is 23.7. The normalized spacial score (nSPS) is 10.3. The van der Waals surface area contributed by atoms with E-state index >= 15 is 0 Å². The number of rotatable bonds is 3. The average Bonchev–Trinajstić information content (AvgIpc) is 2.39. The molecule has 0 fully saturated rings. The third kappa shape index (κ3) is 3.40. The number of halogens is 2. The summed E-state index contributed by atoms with van der Waals surface area (Å²) in [7, 11) is 0. The average molecular weight is 311 g/mol. The molecule has 0 atom stereocenters. The third-order valence-electron chi connectivity index (χ3n) is 2.73. The highest BCUT2D eigenvalue weighted by Gasteiger charge is 2.07. The smallest absolute Gasteiger partial charge is 0.253 e. The van der Waals surface area contributed by atoms with Crippen LogP contribution in [0.15, 0.2) is 41.3 Å². The predicted molar refractivity (Wildman–Crippen MR) is 80.5 cm³/mol. The van der Waals surface area contributed by atoms with Crippen molar-refractivity contribution in [1.29, 1.82) is 0 Å². The van der Waals surface area contributed by atoms with Crippen LogP contribution in [-0.2, 0) is 11.3 Å². The summed E-state index contributed by atoms with van der Waals surface area (Å²) in [5, 5.41) is 3.44. The summed E-state index contributed by atoms with van der Waals surface area (Å²) in [6, 6.07) is 8.23. The number of nitrogens with zero attached hydrogens (tertiary/aromatic N) is 1. The van der Waals surface area contributed by atoms with Gasteiger partial charge in [-0.25, -0.2) is 0 Å². The lowest BCUT2D eigenvalue weighted by Crippen LogP contribution is -2.28. The van der Waals surface area contributed by atoms with Crippen molar-refractivity contribution < 1.29 is 4.79 Å². The fraction of sp³-hybridized carbons (Fsp3) is 0.143. The molecule has 20 heavy (non-hydrogen) atoms. The van der Waals surface area contributed by atoms with Gasteiger partial charge in [-0.1, -0.05) is 29.3 Å². The zero-order chi connectivity index (χ0) is 14.7. The van der Waals surface area contributed by atoms with Gasteiger partial charge in [-0.05, 0) is 31.2 Å². The minimum absolute atomic E-state index is 0.0548. The minimum atomic E-state index is -0.309. The van der Waals surface area contributed by atoms with Crippen molar-refractivity contribution in [2.24, 2.45) is 0 Å². The molecule has 6 heteroatoms. The zero-order valence-corrected chi connectivity index (χ0v) is 12.2. The molecule has 2 aromatic rings. The highest BCUT2D eigenvalue weighted by atomic mass is 35.5. The van der Waals surface area contributed by atoms with E-state index < -0.39 is 0 Å². The number of hydrogen-bond donors (Lipinski definition) is 1. The number of amides is 1. The van der Waals surface area contributed by atoms with Crippen molar-refractivity contribution >= 4 is 34.8 Å². The first-order valence-electron chi connectivity index (χ1n) is 5.88. The maximum absolute atomic E-state index is 11.9. The molecule has 0 aliphatic carbocycles. The molecule has 2 rings (SSSR count). The molecule has 0 saturated carbocycles. The molecule has 1 aromatic heterocycles. The predicted octanol–water partition coefficient (Wildman–Crippen LogP) is 3.10. The molecule has 1 amide bonds. The van der Waals surface area contributed by atoms with Crippen LogP contribution in [0.2, 0.25) is 10.0 Å². The number of aryl methyl sites for hydroxylation is 1. The second-order valence-electron chi connectivity index (χ2n) is 4.30. The Bertz CT molecular complexity index is 711. The van der Waals surface area contributed by atoms with Gasteiger partial charge in [0.15, 0.2) is 0 Å². The third-order valence-corrected chi connectivity index (χ3v) is 3.47. The molecule has 104 valence electrons. The quantitative estimate of drug-likeness (QED) is 0.947. The molecule has 0 unspecified atom stereocenters. The van der Waals surface area contributed by atoms with Crippen LogP contribution in [0, 0.1) is 6.92 Å².